The quantitative estimate of drug-likeness (QED) is 0.795. The van der Waals surface area contributed by atoms with E-state index < -0.39 is 23.5 Å². The predicted molar refractivity (Wildman–Crippen MR) is 80.3 cm³/mol. The molecule has 114 valence electrons. The van der Waals surface area contributed by atoms with Gasteiger partial charge in [0.25, 0.3) is 0 Å². The monoisotopic (exact) mass is 290 g/mol. The Morgan fingerprint density at radius 3 is 2.57 bits per heavy atom. The molecule has 0 saturated heterocycles. The van der Waals surface area contributed by atoms with E-state index in [0.717, 1.165) is 6.42 Å². The average molecular weight is 290 g/mol. The van der Waals surface area contributed by atoms with Crippen molar-refractivity contribution < 1.29 is 14.7 Å². The fourth-order valence-corrected chi connectivity index (χ4v) is 2.59. The molecular formula is C16H22N2O3. The van der Waals surface area contributed by atoms with Crippen molar-refractivity contribution in [3.63, 3.8) is 0 Å². The van der Waals surface area contributed by atoms with Crippen molar-refractivity contribution in [3.8, 4) is 0 Å². The number of amides is 2. The minimum atomic E-state index is -1.02. The molecule has 2 rings (SSSR count). The minimum absolute atomic E-state index is 0.324. The molecule has 1 aromatic rings. The van der Waals surface area contributed by atoms with Crippen LogP contribution >= 0.6 is 0 Å². The van der Waals surface area contributed by atoms with E-state index in [1.807, 2.05) is 12.1 Å². The number of urea groups is 1. The first kappa shape index (κ1) is 15.4. The fraction of sp³-hybridized carbons (Fsp3) is 0.500. The number of hydrogen-bond acceptors (Lipinski definition) is 2. The number of rotatable bonds is 4. The summed E-state index contributed by atoms with van der Waals surface area (Å²) in [4.78, 5) is 23.1. The normalized spacial score (nSPS) is 18.1. The van der Waals surface area contributed by atoms with Crippen molar-refractivity contribution in [2.75, 3.05) is 6.54 Å². The molecule has 1 aliphatic carbocycles. The highest BCUT2D eigenvalue weighted by Crippen LogP contribution is 2.33. The molecule has 0 aliphatic heterocycles. The van der Waals surface area contributed by atoms with Crippen LogP contribution < -0.4 is 10.6 Å². The van der Waals surface area contributed by atoms with Gasteiger partial charge in [-0.05, 0) is 23.0 Å². The molecule has 1 unspecified atom stereocenters. The van der Waals surface area contributed by atoms with Gasteiger partial charge in [-0.3, -0.25) is 0 Å². The number of carbonyl (C=O) groups is 2. The Morgan fingerprint density at radius 1 is 1.33 bits per heavy atom. The lowest BCUT2D eigenvalue weighted by Crippen LogP contribution is -2.53. The second kappa shape index (κ2) is 5.76. The Labute approximate surface area is 124 Å². The van der Waals surface area contributed by atoms with Crippen molar-refractivity contribution in [1.29, 1.82) is 0 Å². The molecular weight excluding hydrogens is 268 g/mol. The molecule has 2 atom stereocenters. The van der Waals surface area contributed by atoms with Crippen molar-refractivity contribution in [2.45, 2.75) is 39.2 Å². The zero-order chi connectivity index (χ0) is 15.6. The molecule has 0 bridgehead atoms. The molecule has 0 saturated carbocycles. The first-order valence-corrected chi connectivity index (χ1v) is 7.14. The number of hydrogen-bond donors (Lipinski definition) is 3. The second-order valence-corrected chi connectivity index (χ2v) is 6.59. The maximum atomic E-state index is 11.9. The summed E-state index contributed by atoms with van der Waals surface area (Å²) in [6, 6.07) is 6.82. The minimum Gasteiger partial charge on any atom is -0.480 e. The fourth-order valence-electron chi connectivity index (χ4n) is 2.59. The number of carboxylic acid groups (broad SMARTS) is 1. The van der Waals surface area contributed by atoms with Gasteiger partial charge in [0.1, 0.15) is 6.04 Å². The van der Waals surface area contributed by atoms with E-state index in [4.69, 9.17) is 0 Å². The molecule has 0 aromatic heterocycles. The zero-order valence-electron chi connectivity index (χ0n) is 12.6. The lowest BCUT2D eigenvalue weighted by molar-refractivity contribution is -0.141. The van der Waals surface area contributed by atoms with Crippen LogP contribution in [0.25, 0.3) is 0 Å². The molecule has 5 nitrogen and oxygen atoms in total. The van der Waals surface area contributed by atoms with Crippen LogP contribution in [0.1, 0.15) is 37.8 Å². The first-order valence-electron chi connectivity index (χ1n) is 7.14. The van der Waals surface area contributed by atoms with E-state index in [9.17, 15) is 14.7 Å². The zero-order valence-corrected chi connectivity index (χ0v) is 12.6. The van der Waals surface area contributed by atoms with Gasteiger partial charge in [0.05, 0.1) is 0 Å². The van der Waals surface area contributed by atoms with Crippen LogP contribution in [0.3, 0.4) is 0 Å². The van der Waals surface area contributed by atoms with E-state index in [1.165, 1.54) is 11.1 Å². The standard InChI is InChI=1S/C16H22N2O3/c1-16(2,3)13(14(19)20)18-15(21)17-9-11-8-10-6-4-5-7-12(10)11/h4-7,11,13H,8-9H2,1-3H3,(H,19,20)(H2,17,18,21)/t11?,13-/m0/s1. The summed E-state index contributed by atoms with van der Waals surface area (Å²) in [7, 11) is 0. The van der Waals surface area contributed by atoms with E-state index in [0.29, 0.717) is 12.5 Å². The summed E-state index contributed by atoms with van der Waals surface area (Å²) in [5.41, 5.74) is 2.05. The number of fused-ring (bicyclic) bond motifs is 1. The Hall–Kier alpha value is -2.04. The van der Waals surface area contributed by atoms with Gasteiger partial charge >= 0.3 is 12.0 Å². The highest BCUT2D eigenvalue weighted by atomic mass is 16.4. The number of nitrogens with one attached hydrogen (secondary N) is 2. The van der Waals surface area contributed by atoms with Gasteiger partial charge in [0.15, 0.2) is 0 Å². The van der Waals surface area contributed by atoms with E-state index >= 15 is 0 Å². The molecule has 1 aliphatic rings. The smallest absolute Gasteiger partial charge is 0.326 e. The lowest BCUT2D eigenvalue weighted by atomic mass is 9.78. The van der Waals surface area contributed by atoms with Crippen LogP contribution in [-0.2, 0) is 11.2 Å². The number of carboxylic acids is 1. The van der Waals surface area contributed by atoms with Crippen molar-refractivity contribution in [1.82, 2.24) is 10.6 Å². The summed E-state index contributed by atoms with van der Waals surface area (Å²) in [6.07, 6.45) is 0.956. The van der Waals surface area contributed by atoms with E-state index in [1.54, 1.807) is 20.8 Å². The van der Waals surface area contributed by atoms with Gasteiger partial charge in [-0.2, -0.15) is 0 Å². The van der Waals surface area contributed by atoms with Crippen molar-refractivity contribution >= 4 is 12.0 Å². The summed E-state index contributed by atoms with van der Waals surface area (Å²) < 4.78 is 0. The van der Waals surface area contributed by atoms with Crippen LogP contribution in [0.4, 0.5) is 4.79 Å². The molecule has 1 aromatic carbocycles. The molecule has 0 heterocycles. The lowest BCUT2D eigenvalue weighted by Gasteiger charge is -2.31. The molecule has 3 N–H and O–H groups in total. The number of aliphatic carboxylic acids is 1. The largest absolute Gasteiger partial charge is 0.480 e. The Morgan fingerprint density at radius 2 is 2.00 bits per heavy atom. The van der Waals surface area contributed by atoms with Gasteiger partial charge in [0.2, 0.25) is 0 Å². The Balaban J connectivity index is 1.85. The summed E-state index contributed by atoms with van der Waals surface area (Å²) in [5.74, 6) is -0.698. The number of carbonyl (C=O) groups excluding carboxylic acids is 1. The predicted octanol–water partition coefficient (Wildman–Crippen LogP) is 2.12. The van der Waals surface area contributed by atoms with Crippen LogP contribution in [0.2, 0.25) is 0 Å². The van der Waals surface area contributed by atoms with Gasteiger partial charge < -0.3 is 15.7 Å². The third kappa shape index (κ3) is 3.54. The van der Waals surface area contributed by atoms with Gasteiger partial charge in [-0.1, -0.05) is 45.0 Å². The Bertz CT molecular complexity index is 549. The Kier molecular flexibility index (Phi) is 4.21. The molecule has 0 fully saturated rings. The highest BCUT2D eigenvalue weighted by molar-refractivity contribution is 5.83. The van der Waals surface area contributed by atoms with E-state index in [2.05, 4.69) is 22.8 Å². The molecule has 5 heteroatoms. The third-order valence-corrected chi connectivity index (χ3v) is 3.86. The molecule has 2 amide bonds. The number of benzene rings is 1. The second-order valence-electron chi connectivity index (χ2n) is 6.59. The maximum absolute atomic E-state index is 11.9. The van der Waals surface area contributed by atoms with Crippen LogP contribution in [0, 0.1) is 5.41 Å². The van der Waals surface area contributed by atoms with E-state index in [-0.39, 0.29) is 0 Å². The van der Waals surface area contributed by atoms with Crippen LogP contribution in [0.5, 0.6) is 0 Å². The summed E-state index contributed by atoms with van der Waals surface area (Å²) in [5, 5.41) is 14.5. The van der Waals surface area contributed by atoms with Crippen molar-refractivity contribution in [3.05, 3.63) is 35.4 Å². The van der Waals surface area contributed by atoms with Crippen molar-refractivity contribution in [2.24, 2.45) is 5.41 Å². The molecule has 0 radical (unpaired) electrons. The summed E-state index contributed by atoms with van der Waals surface area (Å²) >= 11 is 0. The summed E-state index contributed by atoms with van der Waals surface area (Å²) in [6.45, 7) is 5.88. The molecule has 21 heavy (non-hydrogen) atoms. The first-order chi connectivity index (χ1) is 9.79. The van der Waals surface area contributed by atoms with Crippen LogP contribution in [0.15, 0.2) is 24.3 Å². The topological polar surface area (TPSA) is 78.4 Å². The van der Waals surface area contributed by atoms with Gasteiger partial charge in [0, 0.05) is 12.5 Å². The molecule has 0 spiro atoms. The SMILES string of the molecule is CC(C)(C)[C@@H](NC(=O)NCC1Cc2ccccc21)C(=O)O. The van der Waals surface area contributed by atoms with Crippen LogP contribution in [-0.4, -0.2) is 29.7 Å². The third-order valence-electron chi connectivity index (χ3n) is 3.86. The highest BCUT2D eigenvalue weighted by Gasteiger charge is 2.33. The maximum Gasteiger partial charge on any atom is 0.326 e. The van der Waals surface area contributed by atoms with Gasteiger partial charge in [-0.15, -0.1) is 0 Å². The average Bonchev–Trinajstić information content (AvgIpc) is 2.35. The van der Waals surface area contributed by atoms with Gasteiger partial charge in [-0.25, -0.2) is 9.59 Å².